The van der Waals surface area contributed by atoms with Crippen LogP contribution in [0.2, 0.25) is 10.0 Å². The summed E-state index contributed by atoms with van der Waals surface area (Å²) in [5.41, 5.74) is 2.58. The quantitative estimate of drug-likeness (QED) is 0.171. The molecule has 0 aliphatic heterocycles. The zero-order chi connectivity index (χ0) is 31.9. The first-order valence-corrected chi connectivity index (χ1v) is 16.9. The van der Waals surface area contributed by atoms with Crippen LogP contribution in [0.15, 0.2) is 106 Å². The molecule has 0 fully saturated rings. The van der Waals surface area contributed by atoms with E-state index in [9.17, 15) is 18.0 Å². The number of nitrogens with zero attached hydrogens (tertiary/aromatic N) is 2. The molecular weight excluding hydrogens is 685 g/mol. The third kappa shape index (κ3) is 8.41. The van der Waals surface area contributed by atoms with Crippen LogP contribution in [0, 0.1) is 6.92 Å². The lowest BCUT2D eigenvalue weighted by Crippen LogP contribution is -2.53. The van der Waals surface area contributed by atoms with Gasteiger partial charge in [-0.3, -0.25) is 13.9 Å². The molecule has 7 nitrogen and oxygen atoms in total. The van der Waals surface area contributed by atoms with E-state index >= 15 is 0 Å². The number of anilines is 1. The number of likely N-dealkylation sites (N-methyl/N-ethyl adjacent to an activating group) is 1. The molecule has 0 saturated carbocycles. The number of sulfonamides is 1. The maximum atomic E-state index is 14.4. The van der Waals surface area contributed by atoms with Gasteiger partial charge in [0, 0.05) is 34.0 Å². The van der Waals surface area contributed by atoms with Crippen molar-refractivity contribution in [2.75, 3.05) is 17.4 Å². The molecule has 0 saturated heterocycles. The molecule has 0 heterocycles. The summed E-state index contributed by atoms with van der Waals surface area (Å²) < 4.78 is 29.9. The SMILES string of the molecule is CCNC(=O)[C@@H](Cc1ccccc1)N(Cc1ccc(Cl)cc1Cl)C(=O)CN(c1ccc(Br)cc1)S(=O)(=O)c1ccc(C)cc1. The van der Waals surface area contributed by atoms with E-state index in [4.69, 9.17) is 23.2 Å². The van der Waals surface area contributed by atoms with Gasteiger partial charge in [0.15, 0.2) is 0 Å². The molecule has 0 unspecified atom stereocenters. The van der Waals surface area contributed by atoms with Crippen molar-refractivity contribution in [2.24, 2.45) is 0 Å². The monoisotopic (exact) mass is 715 g/mol. The zero-order valence-corrected chi connectivity index (χ0v) is 28.1. The molecule has 230 valence electrons. The summed E-state index contributed by atoms with van der Waals surface area (Å²) in [4.78, 5) is 29.4. The first-order chi connectivity index (χ1) is 21.0. The second-order valence-corrected chi connectivity index (χ2v) is 13.8. The second kappa shape index (κ2) is 15.1. The number of nitrogens with one attached hydrogen (secondary N) is 1. The van der Waals surface area contributed by atoms with Gasteiger partial charge in [-0.05, 0) is 73.5 Å². The van der Waals surface area contributed by atoms with Crippen LogP contribution in [-0.4, -0.2) is 44.3 Å². The molecule has 4 aromatic carbocycles. The topological polar surface area (TPSA) is 86.8 Å². The maximum absolute atomic E-state index is 14.4. The Morgan fingerprint density at radius 1 is 0.909 bits per heavy atom. The van der Waals surface area contributed by atoms with Crippen LogP contribution in [0.3, 0.4) is 0 Å². The molecule has 4 aromatic rings. The number of hydrogen-bond acceptors (Lipinski definition) is 4. The van der Waals surface area contributed by atoms with Gasteiger partial charge in [-0.1, -0.05) is 93.2 Å². The molecule has 0 radical (unpaired) electrons. The molecule has 0 spiro atoms. The Balaban J connectivity index is 1.81. The average Bonchev–Trinajstić information content (AvgIpc) is 3.00. The van der Waals surface area contributed by atoms with Crippen LogP contribution < -0.4 is 9.62 Å². The first kappa shape index (κ1) is 33.5. The summed E-state index contributed by atoms with van der Waals surface area (Å²) in [6, 6.07) is 26.4. The number of rotatable bonds is 12. The molecule has 0 aliphatic rings. The second-order valence-electron chi connectivity index (χ2n) is 10.2. The van der Waals surface area contributed by atoms with E-state index in [1.807, 2.05) is 37.3 Å². The van der Waals surface area contributed by atoms with Gasteiger partial charge >= 0.3 is 0 Å². The summed E-state index contributed by atoms with van der Waals surface area (Å²) in [6.45, 7) is 3.39. The standard InChI is InChI=1S/C33H32BrCl2N3O4S/c1-3-37-33(41)31(19-24-7-5-4-6-8-24)38(21-25-11-14-27(35)20-30(25)36)32(40)22-39(28-15-12-26(34)13-16-28)44(42,43)29-17-9-23(2)10-18-29/h4-18,20,31H,3,19,21-22H2,1-2H3,(H,37,41)/t31-/m1/s1. The molecule has 0 bridgehead atoms. The van der Waals surface area contributed by atoms with E-state index in [-0.39, 0.29) is 23.8 Å². The van der Waals surface area contributed by atoms with Crippen LogP contribution in [0.1, 0.15) is 23.6 Å². The van der Waals surface area contributed by atoms with Gasteiger partial charge in [-0.2, -0.15) is 0 Å². The lowest BCUT2D eigenvalue weighted by molar-refractivity contribution is -0.140. The van der Waals surface area contributed by atoms with Crippen molar-refractivity contribution >= 4 is 66.7 Å². The Morgan fingerprint density at radius 3 is 2.18 bits per heavy atom. The summed E-state index contributed by atoms with van der Waals surface area (Å²) in [5.74, 6) is -0.951. The zero-order valence-electron chi connectivity index (χ0n) is 24.2. The number of halogens is 3. The van der Waals surface area contributed by atoms with E-state index in [1.54, 1.807) is 61.5 Å². The van der Waals surface area contributed by atoms with Crippen molar-refractivity contribution in [2.45, 2.75) is 37.8 Å². The lowest BCUT2D eigenvalue weighted by Gasteiger charge is -2.34. The van der Waals surface area contributed by atoms with Crippen LogP contribution in [-0.2, 0) is 32.6 Å². The maximum Gasteiger partial charge on any atom is 0.264 e. The van der Waals surface area contributed by atoms with Crippen molar-refractivity contribution in [1.82, 2.24) is 10.2 Å². The van der Waals surface area contributed by atoms with Gasteiger partial charge in [0.1, 0.15) is 12.6 Å². The molecule has 44 heavy (non-hydrogen) atoms. The van der Waals surface area contributed by atoms with Gasteiger partial charge in [0.25, 0.3) is 10.0 Å². The molecule has 4 rings (SSSR count). The summed E-state index contributed by atoms with van der Waals surface area (Å²) in [7, 11) is -4.19. The van der Waals surface area contributed by atoms with Crippen molar-refractivity contribution < 1.29 is 18.0 Å². The molecule has 0 aromatic heterocycles. The summed E-state index contributed by atoms with van der Waals surface area (Å²) in [5, 5.41) is 3.58. The molecule has 0 aliphatic carbocycles. The van der Waals surface area contributed by atoms with Gasteiger partial charge in [-0.25, -0.2) is 8.42 Å². The van der Waals surface area contributed by atoms with Gasteiger partial charge < -0.3 is 10.2 Å². The van der Waals surface area contributed by atoms with Crippen LogP contribution in [0.25, 0.3) is 0 Å². The fraction of sp³-hybridized carbons (Fsp3) is 0.212. The highest BCUT2D eigenvalue weighted by Gasteiger charge is 2.34. The molecule has 1 atom stereocenters. The number of benzene rings is 4. The van der Waals surface area contributed by atoms with Crippen LogP contribution in [0.4, 0.5) is 5.69 Å². The fourth-order valence-electron chi connectivity index (χ4n) is 4.65. The lowest BCUT2D eigenvalue weighted by atomic mass is 10.0. The van der Waals surface area contributed by atoms with Gasteiger partial charge in [0.05, 0.1) is 10.6 Å². The van der Waals surface area contributed by atoms with Crippen molar-refractivity contribution in [3.05, 3.63) is 128 Å². The fourth-order valence-corrected chi connectivity index (χ4v) is 6.80. The number of hydrogen-bond donors (Lipinski definition) is 1. The van der Waals surface area contributed by atoms with Gasteiger partial charge in [-0.15, -0.1) is 0 Å². The Bertz CT molecular complexity index is 1700. The highest BCUT2D eigenvalue weighted by Crippen LogP contribution is 2.28. The predicted molar refractivity (Wildman–Crippen MR) is 179 cm³/mol. The molecule has 2 amide bonds. The minimum atomic E-state index is -4.19. The van der Waals surface area contributed by atoms with E-state index in [1.165, 1.54) is 17.0 Å². The number of carbonyl (C=O) groups is 2. The van der Waals surface area contributed by atoms with E-state index in [0.717, 1.165) is 19.9 Å². The third-order valence-corrected chi connectivity index (χ3v) is 9.88. The summed E-state index contributed by atoms with van der Waals surface area (Å²) in [6.07, 6.45) is 0.201. The normalized spacial score (nSPS) is 11.9. The Labute approximate surface area is 277 Å². The van der Waals surface area contributed by atoms with Crippen molar-refractivity contribution in [1.29, 1.82) is 0 Å². The smallest absolute Gasteiger partial charge is 0.264 e. The summed E-state index contributed by atoms with van der Waals surface area (Å²) >= 11 is 16.1. The highest BCUT2D eigenvalue weighted by molar-refractivity contribution is 9.10. The average molecular weight is 718 g/mol. The molecule has 11 heteroatoms. The van der Waals surface area contributed by atoms with Crippen molar-refractivity contribution in [3.63, 3.8) is 0 Å². The number of aryl methyl sites for hydroxylation is 1. The predicted octanol–water partition coefficient (Wildman–Crippen LogP) is 7.04. The van der Waals surface area contributed by atoms with E-state index in [2.05, 4.69) is 21.2 Å². The minimum absolute atomic E-state index is 0.0377. The Kier molecular flexibility index (Phi) is 11.5. The number of amides is 2. The van der Waals surface area contributed by atoms with E-state index in [0.29, 0.717) is 27.8 Å². The minimum Gasteiger partial charge on any atom is -0.355 e. The molecule has 1 N–H and O–H groups in total. The largest absolute Gasteiger partial charge is 0.355 e. The first-order valence-electron chi connectivity index (χ1n) is 13.9. The Hall–Kier alpha value is -3.37. The van der Waals surface area contributed by atoms with Crippen molar-refractivity contribution in [3.8, 4) is 0 Å². The van der Waals surface area contributed by atoms with Gasteiger partial charge in [0.2, 0.25) is 11.8 Å². The number of carbonyl (C=O) groups excluding carboxylic acids is 2. The highest BCUT2D eigenvalue weighted by atomic mass is 79.9. The van der Waals surface area contributed by atoms with Crippen LogP contribution >= 0.6 is 39.1 Å². The molecular formula is C33H32BrCl2N3O4S. The third-order valence-electron chi connectivity index (χ3n) is 6.98. The van der Waals surface area contributed by atoms with E-state index < -0.39 is 28.5 Å². The van der Waals surface area contributed by atoms with Crippen LogP contribution in [0.5, 0.6) is 0 Å². The Morgan fingerprint density at radius 2 is 1.57 bits per heavy atom.